The van der Waals surface area contributed by atoms with Crippen LogP contribution in [0, 0.1) is 13.8 Å². The van der Waals surface area contributed by atoms with Crippen molar-refractivity contribution in [3.8, 4) is 0 Å². The Hall–Kier alpha value is -1.71. The summed E-state index contributed by atoms with van der Waals surface area (Å²) in [5.41, 5.74) is 2.81. The van der Waals surface area contributed by atoms with Gasteiger partial charge in [-0.15, -0.1) is 0 Å². The molecule has 9 heteroatoms. The second-order valence-corrected chi connectivity index (χ2v) is 8.85. The molecule has 0 aromatic carbocycles. The zero-order chi connectivity index (χ0) is 18.0. The molecule has 1 aromatic rings. The number of aromatic nitrogens is 1. The first-order valence-corrected chi connectivity index (χ1v) is 10.0. The first-order valence-electron chi connectivity index (χ1n) is 8.53. The van der Waals surface area contributed by atoms with Crippen LogP contribution in [0.5, 0.6) is 0 Å². The maximum atomic E-state index is 12.5. The van der Waals surface area contributed by atoms with Crippen LogP contribution in [0.4, 0.5) is 4.79 Å². The number of carbonyl (C=O) groups is 1. The van der Waals surface area contributed by atoms with E-state index in [0.29, 0.717) is 32.7 Å². The van der Waals surface area contributed by atoms with Crippen molar-refractivity contribution in [2.75, 3.05) is 39.3 Å². The summed E-state index contributed by atoms with van der Waals surface area (Å²) in [5.74, 6) is 0. The molecule has 2 aliphatic rings. The highest BCUT2D eigenvalue weighted by Crippen LogP contribution is 2.20. The molecule has 0 aliphatic carbocycles. The van der Waals surface area contributed by atoms with Gasteiger partial charge in [0, 0.05) is 57.2 Å². The van der Waals surface area contributed by atoms with Gasteiger partial charge in [-0.25, -0.2) is 13.2 Å². The summed E-state index contributed by atoms with van der Waals surface area (Å²) in [7, 11) is -3.31. The summed E-state index contributed by atoms with van der Waals surface area (Å²) in [4.78, 5) is 18.1. The zero-order valence-corrected chi connectivity index (χ0v) is 15.5. The summed E-state index contributed by atoms with van der Waals surface area (Å²) in [6.07, 6.45) is 0. The minimum Gasteiger partial charge on any atom is -0.334 e. The largest absolute Gasteiger partial charge is 0.334 e. The number of nitrogens with one attached hydrogen (secondary N) is 2. The van der Waals surface area contributed by atoms with E-state index in [0.717, 1.165) is 17.0 Å². The van der Waals surface area contributed by atoms with E-state index in [1.54, 1.807) is 4.90 Å². The first-order chi connectivity index (χ1) is 11.9. The molecule has 138 valence electrons. The molecule has 2 saturated heterocycles. The molecule has 0 unspecified atom stereocenters. The van der Waals surface area contributed by atoms with Crippen molar-refractivity contribution in [3.63, 3.8) is 0 Å². The van der Waals surface area contributed by atoms with Crippen LogP contribution in [0.3, 0.4) is 0 Å². The highest BCUT2D eigenvalue weighted by Gasteiger charge is 2.42. The SMILES string of the molecule is Cc1cc(CNC(=O)N2CC(S(=O)(=O)N3CCNCC3)C2)cc(C)n1. The molecule has 0 spiro atoms. The number of sulfonamides is 1. The van der Waals surface area contributed by atoms with E-state index in [4.69, 9.17) is 0 Å². The molecule has 3 heterocycles. The number of rotatable bonds is 4. The van der Waals surface area contributed by atoms with Crippen molar-refractivity contribution < 1.29 is 13.2 Å². The zero-order valence-electron chi connectivity index (χ0n) is 14.7. The molecule has 0 atom stereocenters. The highest BCUT2D eigenvalue weighted by atomic mass is 32.2. The molecule has 2 N–H and O–H groups in total. The van der Waals surface area contributed by atoms with Crippen molar-refractivity contribution >= 4 is 16.1 Å². The number of pyridine rings is 1. The third kappa shape index (κ3) is 4.10. The van der Waals surface area contributed by atoms with Gasteiger partial charge in [0.25, 0.3) is 0 Å². The number of aryl methyl sites for hydroxylation is 2. The monoisotopic (exact) mass is 367 g/mol. The van der Waals surface area contributed by atoms with Crippen molar-refractivity contribution in [1.29, 1.82) is 0 Å². The first kappa shape index (κ1) is 18.1. The fourth-order valence-electron chi connectivity index (χ4n) is 3.21. The standard InChI is InChI=1S/C16H25N5O3S/c1-12-7-14(8-13(2)19-12)9-18-16(22)20-10-15(11-20)25(23,24)21-5-3-17-4-6-21/h7-8,15,17H,3-6,9-11H2,1-2H3,(H,18,22). The van der Waals surface area contributed by atoms with Gasteiger partial charge < -0.3 is 15.5 Å². The van der Waals surface area contributed by atoms with Crippen molar-refractivity contribution in [1.82, 2.24) is 24.8 Å². The fourth-order valence-corrected chi connectivity index (χ4v) is 5.06. The van der Waals surface area contributed by atoms with Gasteiger partial charge in [0.15, 0.2) is 0 Å². The van der Waals surface area contributed by atoms with Crippen molar-refractivity contribution in [2.45, 2.75) is 25.6 Å². The average molecular weight is 367 g/mol. The van der Waals surface area contributed by atoms with E-state index in [1.807, 2.05) is 26.0 Å². The second-order valence-electron chi connectivity index (χ2n) is 6.64. The van der Waals surface area contributed by atoms with Gasteiger partial charge in [-0.1, -0.05) is 0 Å². The Morgan fingerprint density at radius 2 is 1.84 bits per heavy atom. The quantitative estimate of drug-likeness (QED) is 0.770. The number of nitrogens with zero attached hydrogens (tertiary/aromatic N) is 3. The molecule has 3 rings (SSSR count). The molecule has 2 amide bonds. The lowest BCUT2D eigenvalue weighted by Gasteiger charge is -2.41. The molecule has 2 fully saturated rings. The lowest BCUT2D eigenvalue weighted by Crippen LogP contribution is -2.63. The molecule has 0 saturated carbocycles. The molecule has 0 radical (unpaired) electrons. The minimum absolute atomic E-state index is 0.223. The Kier molecular flexibility index (Phi) is 5.26. The van der Waals surface area contributed by atoms with Gasteiger partial charge in [-0.2, -0.15) is 4.31 Å². The number of likely N-dealkylation sites (tertiary alicyclic amines) is 1. The van der Waals surface area contributed by atoms with Gasteiger partial charge in [0.1, 0.15) is 5.25 Å². The molecule has 25 heavy (non-hydrogen) atoms. The van der Waals surface area contributed by atoms with Crippen molar-refractivity contribution in [3.05, 3.63) is 29.1 Å². The van der Waals surface area contributed by atoms with Gasteiger partial charge in [-0.05, 0) is 31.5 Å². The van der Waals surface area contributed by atoms with E-state index in [-0.39, 0.29) is 19.1 Å². The maximum Gasteiger partial charge on any atom is 0.317 e. The number of urea groups is 1. The summed E-state index contributed by atoms with van der Waals surface area (Å²) in [6.45, 7) is 7.13. The van der Waals surface area contributed by atoms with Crippen LogP contribution in [0.2, 0.25) is 0 Å². The normalized spacial score (nSPS) is 19.5. The Morgan fingerprint density at radius 1 is 1.24 bits per heavy atom. The molecule has 1 aromatic heterocycles. The van der Waals surface area contributed by atoms with E-state index in [2.05, 4.69) is 15.6 Å². The van der Waals surface area contributed by atoms with E-state index in [9.17, 15) is 13.2 Å². The molecular weight excluding hydrogens is 342 g/mol. The number of hydrogen-bond donors (Lipinski definition) is 2. The molecular formula is C16H25N5O3S. The van der Waals surface area contributed by atoms with Crippen LogP contribution in [0.1, 0.15) is 17.0 Å². The average Bonchev–Trinajstić information content (AvgIpc) is 2.51. The third-order valence-electron chi connectivity index (χ3n) is 4.58. The topological polar surface area (TPSA) is 94.6 Å². The number of carbonyl (C=O) groups excluding carboxylic acids is 1. The number of piperazine rings is 1. The lowest BCUT2D eigenvalue weighted by molar-refractivity contribution is 0.166. The van der Waals surface area contributed by atoms with Gasteiger partial charge in [0.05, 0.1) is 0 Å². The predicted octanol–water partition coefficient (Wildman–Crippen LogP) is -0.173. The minimum atomic E-state index is -3.31. The Labute approximate surface area is 148 Å². The number of amides is 2. The number of hydrogen-bond acceptors (Lipinski definition) is 5. The molecule has 8 nitrogen and oxygen atoms in total. The maximum absolute atomic E-state index is 12.5. The van der Waals surface area contributed by atoms with Crippen LogP contribution in [-0.4, -0.2) is 73.2 Å². The summed E-state index contributed by atoms with van der Waals surface area (Å²) in [5, 5.41) is 5.51. The summed E-state index contributed by atoms with van der Waals surface area (Å²) in [6, 6.07) is 3.64. The van der Waals surface area contributed by atoms with E-state index in [1.165, 1.54) is 4.31 Å². The van der Waals surface area contributed by atoms with Crippen LogP contribution < -0.4 is 10.6 Å². The fraction of sp³-hybridized carbons (Fsp3) is 0.625. The predicted molar refractivity (Wildman–Crippen MR) is 94.7 cm³/mol. The third-order valence-corrected chi connectivity index (χ3v) is 6.80. The Morgan fingerprint density at radius 3 is 2.44 bits per heavy atom. The smallest absolute Gasteiger partial charge is 0.317 e. The Bertz CT molecular complexity index is 720. The Balaban J connectivity index is 1.49. The van der Waals surface area contributed by atoms with Crippen LogP contribution in [0.25, 0.3) is 0 Å². The van der Waals surface area contributed by atoms with Crippen molar-refractivity contribution in [2.24, 2.45) is 0 Å². The van der Waals surface area contributed by atoms with Crippen LogP contribution in [-0.2, 0) is 16.6 Å². The van der Waals surface area contributed by atoms with Gasteiger partial charge >= 0.3 is 6.03 Å². The highest BCUT2D eigenvalue weighted by molar-refractivity contribution is 7.89. The van der Waals surface area contributed by atoms with E-state index < -0.39 is 15.3 Å². The van der Waals surface area contributed by atoms with Crippen LogP contribution in [0.15, 0.2) is 12.1 Å². The van der Waals surface area contributed by atoms with Crippen LogP contribution >= 0.6 is 0 Å². The second kappa shape index (κ2) is 7.27. The summed E-state index contributed by atoms with van der Waals surface area (Å²) >= 11 is 0. The summed E-state index contributed by atoms with van der Waals surface area (Å²) < 4.78 is 26.6. The van der Waals surface area contributed by atoms with E-state index >= 15 is 0 Å². The van der Waals surface area contributed by atoms with Gasteiger partial charge in [-0.3, -0.25) is 4.98 Å². The molecule has 0 bridgehead atoms. The lowest BCUT2D eigenvalue weighted by atomic mass is 10.2. The van der Waals surface area contributed by atoms with Gasteiger partial charge in [0.2, 0.25) is 10.0 Å². The molecule has 2 aliphatic heterocycles.